The number of primary amides is 1. The van der Waals surface area contributed by atoms with Crippen LogP contribution in [0, 0.1) is 5.92 Å². The first-order chi connectivity index (χ1) is 24.5. The highest BCUT2D eigenvalue weighted by molar-refractivity contribution is 6.38. The van der Waals surface area contributed by atoms with E-state index in [1.807, 2.05) is 74.5 Å². The lowest BCUT2D eigenvalue weighted by atomic mass is 9.99. The van der Waals surface area contributed by atoms with Gasteiger partial charge in [-0.25, -0.2) is 4.79 Å². The molecular weight excluding hydrogens is 650 g/mol. The van der Waals surface area contributed by atoms with Gasteiger partial charge in [-0.1, -0.05) is 117 Å². The van der Waals surface area contributed by atoms with Gasteiger partial charge in [-0.2, -0.15) is 0 Å². The van der Waals surface area contributed by atoms with Crippen molar-refractivity contribution in [2.24, 2.45) is 11.7 Å². The molecule has 266 valence electrons. The van der Waals surface area contributed by atoms with Gasteiger partial charge in [0, 0.05) is 12.8 Å². The van der Waals surface area contributed by atoms with E-state index in [1.165, 1.54) is 0 Å². The van der Waals surface area contributed by atoms with E-state index in [2.05, 4.69) is 21.3 Å². The molecule has 12 heteroatoms. The highest BCUT2D eigenvalue weighted by atomic mass is 16.5. The van der Waals surface area contributed by atoms with Gasteiger partial charge in [0.25, 0.3) is 5.91 Å². The zero-order chi connectivity index (χ0) is 36.8. The number of fused-ring (bicyclic) bond motifs is 1. The fourth-order valence-corrected chi connectivity index (χ4v) is 5.42. The third-order valence-corrected chi connectivity index (χ3v) is 8.01. The summed E-state index contributed by atoms with van der Waals surface area (Å²) in [5.41, 5.74) is 7.76. The maximum Gasteiger partial charge on any atom is 0.408 e. The number of Topliss-reactive ketones (excluding diaryl/α,β-unsaturated/α-hetero) is 1. The summed E-state index contributed by atoms with van der Waals surface area (Å²) in [6, 6.07) is 27.7. The van der Waals surface area contributed by atoms with Crippen LogP contribution in [0.5, 0.6) is 0 Å². The van der Waals surface area contributed by atoms with E-state index in [9.17, 15) is 28.8 Å². The summed E-state index contributed by atoms with van der Waals surface area (Å²) in [5, 5.41) is 12.0. The number of benzene rings is 4. The topological polar surface area (TPSA) is 186 Å². The zero-order valence-electron chi connectivity index (χ0n) is 28.6. The van der Waals surface area contributed by atoms with Crippen molar-refractivity contribution in [3.63, 3.8) is 0 Å². The van der Waals surface area contributed by atoms with Crippen molar-refractivity contribution in [3.8, 4) is 0 Å². The van der Waals surface area contributed by atoms with Crippen LogP contribution in [0.4, 0.5) is 4.79 Å². The molecule has 4 rings (SSSR count). The first-order valence-corrected chi connectivity index (χ1v) is 16.7. The van der Waals surface area contributed by atoms with E-state index >= 15 is 0 Å². The Labute approximate surface area is 296 Å². The second-order valence-corrected chi connectivity index (χ2v) is 12.6. The van der Waals surface area contributed by atoms with Gasteiger partial charge in [0.1, 0.15) is 24.7 Å². The van der Waals surface area contributed by atoms with Gasteiger partial charge in [0.05, 0.1) is 6.54 Å². The Morgan fingerprint density at radius 2 is 1.25 bits per heavy atom. The number of amides is 5. The van der Waals surface area contributed by atoms with Crippen LogP contribution in [-0.4, -0.2) is 60.2 Å². The van der Waals surface area contributed by atoms with E-state index in [0.29, 0.717) is 5.56 Å². The molecule has 0 saturated carbocycles. The molecule has 0 saturated heterocycles. The predicted octanol–water partition coefficient (Wildman–Crippen LogP) is 3.11. The van der Waals surface area contributed by atoms with Crippen molar-refractivity contribution >= 4 is 46.3 Å². The van der Waals surface area contributed by atoms with Crippen LogP contribution < -0.4 is 27.0 Å². The molecule has 0 spiro atoms. The predicted molar refractivity (Wildman–Crippen MR) is 192 cm³/mol. The maximum absolute atomic E-state index is 13.5. The lowest BCUT2D eigenvalue weighted by molar-refractivity contribution is -0.140. The van der Waals surface area contributed by atoms with Crippen LogP contribution in [0.25, 0.3) is 10.8 Å². The van der Waals surface area contributed by atoms with Crippen molar-refractivity contribution in [1.29, 1.82) is 0 Å². The van der Waals surface area contributed by atoms with Crippen LogP contribution in [-0.2, 0) is 48.2 Å². The second kappa shape index (κ2) is 18.6. The monoisotopic (exact) mass is 693 g/mol. The standard InChI is InChI=1S/C39H43N5O7/c1-25(2)19-33(44-39(50)51-24-27-13-7-4-8-14-27)37(48)43-31(21-26-11-5-3-6-12-26)35(46)38(49)41-23-34(45)42-32(36(40)47)22-28-17-18-29-15-9-10-16-30(29)20-28/h3-18,20,25,31-33H,19,21-24H2,1-2H3,(H2,40,47)(H,41,49)(H,42,45)(H,43,48)(H,44,50)/t31?,32-,33?/m0/s1. The van der Waals surface area contributed by atoms with Gasteiger partial charge in [-0.05, 0) is 39.8 Å². The van der Waals surface area contributed by atoms with Gasteiger partial charge in [0.2, 0.25) is 23.5 Å². The summed E-state index contributed by atoms with van der Waals surface area (Å²) in [7, 11) is 0. The molecule has 51 heavy (non-hydrogen) atoms. The summed E-state index contributed by atoms with van der Waals surface area (Å²) in [5.74, 6) is -4.33. The van der Waals surface area contributed by atoms with E-state index < -0.39 is 60.2 Å². The minimum absolute atomic E-state index is 0.00478. The average Bonchev–Trinajstić information content (AvgIpc) is 3.12. The van der Waals surface area contributed by atoms with Crippen LogP contribution in [0.2, 0.25) is 0 Å². The highest BCUT2D eigenvalue weighted by Gasteiger charge is 2.31. The molecule has 12 nitrogen and oxygen atoms in total. The quantitative estimate of drug-likeness (QED) is 0.105. The largest absolute Gasteiger partial charge is 0.445 e. The smallest absolute Gasteiger partial charge is 0.408 e. The summed E-state index contributed by atoms with van der Waals surface area (Å²) in [6.07, 6.45) is -0.502. The molecule has 0 bridgehead atoms. The third kappa shape index (κ3) is 12.1. The number of rotatable bonds is 17. The number of alkyl carbamates (subject to hydrolysis) is 1. The van der Waals surface area contributed by atoms with E-state index in [-0.39, 0.29) is 31.8 Å². The van der Waals surface area contributed by atoms with Crippen LogP contribution in [0.3, 0.4) is 0 Å². The molecule has 4 aromatic rings. The van der Waals surface area contributed by atoms with E-state index in [4.69, 9.17) is 10.5 Å². The zero-order valence-corrected chi connectivity index (χ0v) is 28.6. The number of ketones is 1. The number of ether oxygens (including phenoxy) is 1. The molecular formula is C39H43N5O7. The van der Waals surface area contributed by atoms with Crippen LogP contribution >= 0.6 is 0 Å². The normalized spacial score (nSPS) is 12.6. The molecule has 0 aliphatic heterocycles. The van der Waals surface area contributed by atoms with Gasteiger partial charge < -0.3 is 31.7 Å². The third-order valence-electron chi connectivity index (χ3n) is 8.01. The van der Waals surface area contributed by atoms with Gasteiger partial charge >= 0.3 is 6.09 Å². The van der Waals surface area contributed by atoms with Crippen molar-refractivity contribution < 1.29 is 33.5 Å². The van der Waals surface area contributed by atoms with Crippen LogP contribution in [0.15, 0.2) is 103 Å². The Morgan fingerprint density at radius 1 is 0.647 bits per heavy atom. The molecule has 4 aromatic carbocycles. The molecule has 0 radical (unpaired) electrons. The van der Waals surface area contributed by atoms with Gasteiger partial charge in [0.15, 0.2) is 0 Å². The van der Waals surface area contributed by atoms with E-state index in [0.717, 1.165) is 21.9 Å². The Balaban J connectivity index is 1.38. The van der Waals surface area contributed by atoms with Crippen molar-refractivity contribution in [3.05, 3.63) is 120 Å². The average molecular weight is 694 g/mol. The van der Waals surface area contributed by atoms with Crippen LogP contribution in [0.1, 0.15) is 37.0 Å². The Bertz CT molecular complexity index is 1830. The van der Waals surface area contributed by atoms with Crippen molar-refractivity contribution in [2.75, 3.05) is 6.54 Å². The van der Waals surface area contributed by atoms with E-state index in [1.54, 1.807) is 42.5 Å². The number of hydrogen-bond donors (Lipinski definition) is 5. The minimum atomic E-state index is -1.33. The maximum atomic E-state index is 13.5. The molecule has 6 N–H and O–H groups in total. The Kier molecular flexibility index (Phi) is 13.8. The first-order valence-electron chi connectivity index (χ1n) is 16.7. The summed E-state index contributed by atoms with van der Waals surface area (Å²) >= 11 is 0. The summed E-state index contributed by atoms with van der Waals surface area (Å²) < 4.78 is 5.30. The fourth-order valence-electron chi connectivity index (χ4n) is 5.42. The number of nitrogens with one attached hydrogen (secondary N) is 4. The molecule has 2 unspecified atom stereocenters. The van der Waals surface area contributed by atoms with Crippen molar-refractivity contribution in [2.45, 2.75) is 57.8 Å². The second-order valence-electron chi connectivity index (χ2n) is 12.6. The lowest BCUT2D eigenvalue weighted by Gasteiger charge is -2.24. The molecule has 3 atom stereocenters. The molecule has 0 heterocycles. The summed E-state index contributed by atoms with van der Waals surface area (Å²) in [6.45, 7) is 3.11. The highest BCUT2D eigenvalue weighted by Crippen LogP contribution is 2.17. The molecule has 0 aromatic heterocycles. The summed E-state index contributed by atoms with van der Waals surface area (Å²) in [4.78, 5) is 77.7. The number of hydrogen-bond acceptors (Lipinski definition) is 7. The Morgan fingerprint density at radius 3 is 1.90 bits per heavy atom. The molecule has 5 amide bonds. The van der Waals surface area contributed by atoms with Crippen molar-refractivity contribution in [1.82, 2.24) is 21.3 Å². The van der Waals surface area contributed by atoms with Gasteiger partial charge in [-0.15, -0.1) is 0 Å². The fraction of sp³-hybridized carbons (Fsp3) is 0.282. The minimum Gasteiger partial charge on any atom is -0.445 e. The molecule has 0 aliphatic carbocycles. The number of carbonyl (C=O) groups excluding carboxylic acids is 6. The number of carbonyl (C=O) groups is 6. The number of nitrogens with two attached hydrogens (primary N) is 1. The molecule has 0 fully saturated rings. The first kappa shape index (κ1) is 37.8. The molecule has 0 aliphatic rings. The van der Waals surface area contributed by atoms with Gasteiger partial charge in [-0.3, -0.25) is 24.0 Å². The SMILES string of the molecule is CC(C)CC(NC(=O)OCc1ccccc1)C(=O)NC(Cc1ccccc1)C(=O)C(=O)NCC(=O)N[C@@H](Cc1ccc2ccccc2c1)C(N)=O. The lowest BCUT2D eigenvalue weighted by Crippen LogP contribution is -2.55. The Hall–Kier alpha value is -6.04.